The Bertz CT molecular complexity index is 728. The van der Waals surface area contributed by atoms with Crippen LogP contribution in [0.1, 0.15) is 10.5 Å². The van der Waals surface area contributed by atoms with Crippen LogP contribution in [0.5, 0.6) is 5.75 Å². The van der Waals surface area contributed by atoms with Gasteiger partial charge < -0.3 is 19.9 Å². The summed E-state index contributed by atoms with van der Waals surface area (Å²) in [5.41, 5.74) is 6.11. The standard InChI is InChI=1S/C17H20N4O3/c1-20-8-2-3-15(20)17(23)21-9-12(14(10-21)16(18)22)11-24-13-4-6-19-7-5-13/h2-8,12,14H,9-11H2,1H3,(H2,18,22)/t12-,14+/m0/s1. The normalized spacial score (nSPS) is 20.1. The van der Waals surface area contributed by atoms with Crippen LogP contribution in [-0.4, -0.2) is 46.0 Å². The van der Waals surface area contributed by atoms with Gasteiger partial charge in [-0.25, -0.2) is 0 Å². The van der Waals surface area contributed by atoms with Crippen molar-refractivity contribution in [3.8, 4) is 5.75 Å². The molecule has 2 atom stereocenters. The van der Waals surface area contributed by atoms with Crippen LogP contribution in [0.25, 0.3) is 0 Å². The summed E-state index contributed by atoms with van der Waals surface area (Å²) in [6.45, 7) is 1.10. The predicted octanol–water partition coefficient (Wildman–Crippen LogP) is 0.673. The van der Waals surface area contributed by atoms with Crippen molar-refractivity contribution in [3.05, 3.63) is 48.5 Å². The molecular formula is C17H20N4O3. The minimum atomic E-state index is -0.406. The van der Waals surface area contributed by atoms with E-state index < -0.39 is 11.8 Å². The van der Waals surface area contributed by atoms with Crippen molar-refractivity contribution >= 4 is 11.8 Å². The molecule has 0 saturated carbocycles. The number of likely N-dealkylation sites (tertiary alicyclic amines) is 1. The van der Waals surface area contributed by atoms with Gasteiger partial charge in [-0.1, -0.05) is 0 Å². The second-order valence-electron chi connectivity index (χ2n) is 5.98. The van der Waals surface area contributed by atoms with E-state index in [2.05, 4.69) is 4.98 Å². The largest absolute Gasteiger partial charge is 0.493 e. The SMILES string of the molecule is Cn1cccc1C(=O)N1C[C@@H](COc2ccncc2)[C@H](C(N)=O)C1. The van der Waals surface area contributed by atoms with Gasteiger partial charge >= 0.3 is 0 Å². The molecule has 1 aliphatic rings. The van der Waals surface area contributed by atoms with Gasteiger partial charge in [0.05, 0.1) is 12.5 Å². The van der Waals surface area contributed by atoms with Crippen LogP contribution >= 0.6 is 0 Å². The van der Waals surface area contributed by atoms with Gasteiger partial charge in [0.1, 0.15) is 11.4 Å². The van der Waals surface area contributed by atoms with Crippen molar-refractivity contribution < 1.29 is 14.3 Å². The lowest BCUT2D eigenvalue weighted by Crippen LogP contribution is -2.33. The summed E-state index contributed by atoms with van der Waals surface area (Å²) in [5.74, 6) is -0.350. The van der Waals surface area contributed by atoms with Crippen LogP contribution in [0.15, 0.2) is 42.9 Å². The highest BCUT2D eigenvalue weighted by atomic mass is 16.5. The number of amides is 2. The summed E-state index contributed by atoms with van der Waals surface area (Å²) in [6, 6.07) is 7.09. The summed E-state index contributed by atoms with van der Waals surface area (Å²) in [6.07, 6.45) is 5.10. The Morgan fingerprint density at radius 2 is 2.04 bits per heavy atom. The molecule has 0 aromatic carbocycles. The topological polar surface area (TPSA) is 90.4 Å². The zero-order chi connectivity index (χ0) is 17.1. The highest BCUT2D eigenvalue weighted by molar-refractivity contribution is 5.93. The fourth-order valence-corrected chi connectivity index (χ4v) is 3.01. The number of nitrogens with two attached hydrogens (primary N) is 1. The van der Waals surface area contributed by atoms with Crippen LogP contribution in [0.3, 0.4) is 0 Å². The van der Waals surface area contributed by atoms with Crippen LogP contribution < -0.4 is 10.5 Å². The molecule has 0 radical (unpaired) electrons. The lowest BCUT2D eigenvalue weighted by Gasteiger charge is -2.17. The summed E-state index contributed by atoms with van der Waals surface area (Å²) in [5, 5.41) is 0. The number of primary amides is 1. The number of hydrogen-bond donors (Lipinski definition) is 1. The molecule has 126 valence electrons. The zero-order valence-corrected chi connectivity index (χ0v) is 13.5. The van der Waals surface area contributed by atoms with Crippen molar-refractivity contribution in [2.45, 2.75) is 0 Å². The minimum absolute atomic E-state index is 0.0971. The molecule has 3 heterocycles. The van der Waals surface area contributed by atoms with E-state index in [1.54, 1.807) is 40.1 Å². The maximum absolute atomic E-state index is 12.6. The van der Waals surface area contributed by atoms with Gasteiger partial charge in [0.25, 0.3) is 5.91 Å². The predicted molar refractivity (Wildman–Crippen MR) is 87.2 cm³/mol. The Morgan fingerprint density at radius 1 is 1.29 bits per heavy atom. The molecule has 7 nitrogen and oxygen atoms in total. The average molecular weight is 328 g/mol. The first-order valence-corrected chi connectivity index (χ1v) is 7.79. The third kappa shape index (κ3) is 3.24. The first-order chi connectivity index (χ1) is 11.6. The number of nitrogens with zero attached hydrogens (tertiary/aromatic N) is 3. The number of aryl methyl sites for hydroxylation is 1. The van der Waals surface area contributed by atoms with Gasteiger partial charge in [0.2, 0.25) is 5.91 Å². The molecule has 1 saturated heterocycles. The molecule has 2 aromatic heterocycles. The van der Waals surface area contributed by atoms with Gasteiger partial charge in [0, 0.05) is 44.6 Å². The monoisotopic (exact) mass is 328 g/mol. The van der Waals surface area contributed by atoms with Gasteiger partial charge in [-0.2, -0.15) is 0 Å². The third-order valence-corrected chi connectivity index (χ3v) is 4.37. The van der Waals surface area contributed by atoms with Crippen molar-refractivity contribution in [2.75, 3.05) is 19.7 Å². The van der Waals surface area contributed by atoms with Crippen molar-refractivity contribution in [1.82, 2.24) is 14.5 Å². The molecule has 0 spiro atoms. The summed E-state index contributed by atoms with van der Waals surface area (Å²) >= 11 is 0. The lowest BCUT2D eigenvalue weighted by atomic mass is 9.96. The molecule has 1 fully saturated rings. The van der Waals surface area contributed by atoms with Gasteiger partial charge in [0.15, 0.2) is 0 Å². The average Bonchev–Trinajstić information content (AvgIpc) is 3.19. The zero-order valence-electron chi connectivity index (χ0n) is 13.5. The first kappa shape index (κ1) is 16.0. The van der Waals surface area contributed by atoms with Crippen molar-refractivity contribution in [1.29, 1.82) is 0 Å². The second kappa shape index (κ2) is 6.74. The molecule has 3 rings (SSSR count). The molecule has 7 heteroatoms. The van der Waals surface area contributed by atoms with Gasteiger partial charge in [-0.15, -0.1) is 0 Å². The molecule has 2 amide bonds. The smallest absolute Gasteiger partial charge is 0.270 e. The van der Waals surface area contributed by atoms with E-state index in [-0.39, 0.29) is 11.8 Å². The van der Waals surface area contributed by atoms with E-state index >= 15 is 0 Å². The Labute approximate surface area is 140 Å². The van der Waals surface area contributed by atoms with E-state index in [1.807, 2.05) is 19.3 Å². The molecule has 1 aliphatic heterocycles. The molecule has 0 aliphatic carbocycles. The molecule has 2 N–H and O–H groups in total. The minimum Gasteiger partial charge on any atom is -0.493 e. The third-order valence-electron chi connectivity index (χ3n) is 4.37. The van der Waals surface area contributed by atoms with Crippen molar-refractivity contribution in [3.63, 3.8) is 0 Å². The number of ether oxygens (including phenoxy) is 1. The molecule has 0 unspecified atom stereocenters. The Hall–Kier alpha value is -2.83. The first-order valence-electron chi connectivity index (χ1n) is 7.79. The number of carbonyl (C=O) groups is 2. The van der Waals surface area contributed by atoms with Crippen molar-refractivity contribution in [2.24, 2.45) is 24.6 Å². The van der Waals surface area contributed by atoms with E-state index in [9.17, 15) is 9.59 Å². The van der Waals surface area contributed by atoms with Crippen LogP contribution in [0, 0.1) is 11.8 Å². The number of pyridine rings is 1. The lowest BCUT2D eigenvalue weighted by molar-refractivity contribution is -0.122. The second-order valence-corrected chi connectivity index (χ2v) is 5.98. The Morgan fingerprint density at radius 3 is 2.67 bits per heavy atom. The number of aromatic nitrogens is 2. The Kier molecular flexibility index (Phi) is 4.50. The fourth-order valence-electron chi connectivity index (χ4n) is 3.01. The molecular weight excluding hydrogens is 308 g/mol. The fraction of sp³-hybridized carbons (Fsp3) is 0.353. The number of carbonyl (C=O) groups excluding carboxylic acids is 2. The maximum atomic E-state index is 12.6. The maximum Gasteiger partial charge on any atom is 0.270 e. The van der Waals surface area contributed by atoms with E-state index in [0.29, 0.717) is 31.1 Å². The highest BCUT2D eigenvalue weighted by Gasteiger charge is 2.39. The number of hydrogen-bond acceptors (Lipinski definition) is 4. The summed E-state index contributed by atoms with van der Waals surface area (Å²) in [4.78, 5) is 30.0. The van der Waals surface area contributed by atoms with Crippen LogP contribution in [0.4, 0.5) is 0 Å². The van der Waals surface area contributed by atoms with Gasteiger partial charge in [-0.05, 0) is 24.3 Å². The van der Waals surface area contributed by atoms with Crippen LogP contribution in [0.2, 0.25) is 0 Å². The van der Waals surface area contributed by atoms with Gasteiger partial charge in [-0.3, -0.25) is 14.6 Å². The summed E-state index contributed by atoms with van der Waals surface area (Å²) < 4.78 is 7.49. The highest BCUT2D eigenvalue weighted by Crippen LogP contribution is 2.26. The Balaban J connectivity index is 1.69. The van der Waals surface area contributed by atoms with E-state index in [0.717, 1.165) is 0 Å². The quantitative estimate of drug-likeness (QED) is 0.873. The molecule has 0 bridgehead atoms. The van der Waals surface area contributed by atoms with Crippen LogP contribution in [-0.2, 0) is 11.8 Å². The number of rotatable bonds is 5. The summed E-state index contributed by atoms with van der Waals surface area (Å²) in [7, 11) is 1.82. The molecule has 2 aromatic rings. The van der Waals surface area contributed by atoms with E-state index in [1.165, 1.54) is 0 Å². The molecule has 24 heavy (non-hydrogen) atoms. The van der Waals surface area contributed by atoms with E-state index in [4.69, 9.17) is 10.5 Å².